The van der Waals surface area contributed by atoms with Crippen molar-refractivity contribution in [1.29, 1.82) is 0 Å². The molecule has 2 aromatic carbocycles. The summed E-state index contributed by atoms with van der Waals surface area (Å²) in [7, 11) is 0. The molecule has 0 aliphatic heterocycles. The molecule has 0 aliphatic carbocycles. The van der Waals surface area contributed by atoms with E-state index in [1.807, 2.05) is 60.7 Å². The van der Waals surface area contributed by atoms with Gasteiger partial charge >= 0.3 is 23.1 Å². The third-order valence-corrected chi connectivity index (χ3v) is 2.94. The van der Waals surface area contributed by atoms with Crippen LogP contribution in [0.3, 0.4) is 0 Å². The predicted octanol–water partition coefficient (Wildman–Crippen LogP) is 1.82. The largest absolute Gasteiger partial charge is 0.380 e. The third-order valence-electron chi connectivity index (χ3n) is 2.94. The fourth-order valence-electron chi connectivity index (χ4n) is 2.04. The van der Waals surface area contributed by atoms with E-state index >= 15 is 0 Å². The van der Waals surface area contributed by atoms with Crippen LogP contribution in [0.5, 0.6) is 0 Å². The standard InChI is InChI=1S/C16H16O.Al.ClH.Mg.5H/c1-2-13-16(17,14-9-5-3-6-10-14)15-11-7-4-8-12-15;;;;;;;;/h2-12,17H,1,13H2;;1H;;;;;;. The van der Waals surface area contributed by atoms with Gasteiger partial charge in [-0.1, -0.05) is 66.7 Å². The van der Waals surface area contributed by atoms with E-state index in [4.69, 9.17) is 0 Å². The van der Waals surface area contributed by atoms with Crippen LogP contribution in [0.25, 0.3) is 0 Å². The highest BCUT2D eigenvalue weighted by molar-refractivity contribution is 5.85. The first kappa shape index (κ1) is 22.0. The van der Waals surface area contributed by atoms with Crippen molar-refractivity contribution in [3.05, 3.63) is 84.4 Å². The first-order valence-electron chi connectivity index (χ1n) is 5.72. The second kappa shape index (κ2) is 10.5. The normalized spacial score (nSPS) is 9.45. The molecule has 0 heterocycles. The summed E-state index contributed by atoms with van der Waals surface area (Å²) in [5.41, 5.74) is 0.807. The Morgan fingerprint density at radius 2 is 1.25 bits per heavy atom. The van der Waals surface area contributed by atoms with Crippen LogP contribution in [-0.4, -0.2) is 45.5 Å². The Labute approximate surface area is 153 Å². The smallest absolute Gasteiger partial charge is 0.316 e. The molecule has 0 amide bonds. The van der Waals surface area contributed by atoms with Crippen LogP contribution in [0.2, 0.25) is 0 Å². The monoisotopic (exact) mass is 316 g/mol. The molecule has 2 rings (SSSR count). The number of hydrogen-bond donors (Lipinski definition) is 1. The molecule has 4 heteroatoms. The molecule has 0 atom stereocenters. The Bertz CT molecular complexity index is 451. The molecule has 0 unspecified atom stereocenters. The molecule has 20 heavy (non-hydrogen) atoms. The van der Waals surface area contributed by atoms with E-state index in [1.54, 1.807) is 6.08 Å². The van der Waals surface area contributed by atoms with Gasteiger partial charge in [-0.25, -0.2) is 0 Å². The lowest BCUT2D eigenvalue weighted by atomic mass is 9.84. The molecule has 0 aliphatic rings. The second-order valence-electron chi connectivity index (χ2n) is 4.09. The molecule has 0 saturated carbocycles. The minimum atomic E-state index is -0.982. The molecule has 104 valence electrons. The van der Waals surface area contributed by atoms with E-state index in [0.717, 1.165) is 11.1 Å². The molecule has 1 nitrogen and oxygen atoms in total. The summed E-state index contributed by atoms with van der Waals surface area (Å²) >= 11 is 0. The van der Waals surface area contributed by atoms with Gasteiger partial charge < -0.3 is 5.11 Å². The van der Waals surface area contributed by atoms with Gasteiger partial charge in [0.2, 0.25) is 0 Å². The topological polar surface area (TPSA) is 20.2 Å². The second-order valence-corrected chi connectivity index (χ2v) is 4.09. The van der Waals surface area contributed by atoms with E-state index in [-0.39, 0.29) is 52.8 Å². The van der Waals surface area contributed by atoms with Gasteiger partial charge in [-0.05, 0) is 11.1 Å². The maximum absolute atomic E-state index is 10.9. The quantitative estimate of drug-likeness (QED) is 0.674. The van der Waals surface area contributed by atoms with Crippen LogP contribution >= 0.6 is 12.4 Å². The SMILES string of the molecule is C=CCC(O)(c1ccccc1)c1ccccc1.Cl.[AlH3].[MgH2]. The van der Waals surface area contributed by atoms with Gasteiger partial charge in [0, 0.05) is 6.42 Å². The van der Waals surface area contributed by atoms with Crippen LogP contribution in [0.1, 0.15) is 17.5 Å². The Morgan fingerprint density at radius 3 is 1.55 bits per heavy atom. The number of rotatable bonds is 4. The van der Waals surface area contributed by atoms with Gasteiger partial charge in [-0.2, -0.15) is 0 Å². The highest BCUT2D eigenvalue weighted by Crippen LogP contribution is 2.32. The summed E-state index contributed by atoms with van der Waals surface area (Å²) < 4.78 is 0. The fourth-order valence-corrected chi connectivity index (χ4v) is 2.04. The minimum Gasteiger partial charge on any atom is -0.380 e. The Balaban J connectivity index is 0. The van der Waals surface area contributed by atoms with E-state index < -0.39 is 5.60 Å². The van der Waals surface area contributed by atoms with Gasteiger partial charge in [-0.3, -0.25) is 0 Å². The van der Waals surface area contributed by atoms with Gasteiger partial charge in [0.05, 0.1) is 0 Å². The van der Waals surface area contributed by atoms with E-state index in [9.17, 15) is 5.11 Å². The van der Waals surface area contributed by atoms with Gasteiger partial charge in [-0.15, -0.1) is 19.0 Å². The molecule has 2 aromatic rings. The van der Waals surface area contributed by atoms with Crippen molar-refractivity contribution in [1.82, 2.24) is 0 Å². The minimum absolute atomic E-state index is 0. The van der Waals surface area contributed by atoms with Gasteiger partial charge in [0.1, 0.15) is 5.60 Å². The predicted molar refractivity (Wildman–Crippen MR) is 96.4 cm³/mol. The van der Waals surface area contributed by atoms with Crippen LogP contribution in [-0.2, 0) is 5.60 Å². The van der Waals surface area contributed by atoms with Crippen molar-refractivity contribution >= 4 is 52.8 Å². The lowest BCUT2D eigenvalue weighted by molar-refractivity contribution is 0.0842. The van der Waals surface area contributed by atoms with Crippen LogP contribution < -0.4 is 0 Å². The Morgan fingerprint density at radius 1 is 0.900 bits per heavy atom. The maximum Gasteiger partial charge on any atom is 0.316 e. The Hall–Kier alpha value is -0.271. The summed E-state index contributed by atoms with van der Waals surface area (Å²) in [4.78, 5) is 0. The first-order valence-corrected chi connectivity index (χ1v) is 5.72. The average Bonchev–Trinajstić information content (AvgIpc) is 2.41. The van der Waals surface area contributed by atoms with Crippen molar-refractivity contribution < 1.29 is 5.11 Å². The molecule has 0 spiro atoms. The molecule has 0 bridgehead atoms. The van der Waals surface area contributed by atoms with Crippen LogP contribution in [0.4, 0.5) is 0 Å². The van der Waals surface area contributed by atoms with Gasteiger partial charge in [0.25, 0.3) is 0 Å². The van der Waals surface area contributed by atoms with Crippen molar-refractivity contribution in [2.75, 3.05) is 0 Å². The lowest BCUT2D eigenvalue weighted by Gasteiger charge is -2.28. The molecule has 0 radical (unpaired) electrons. The van der Waals surface area contributed by atoms with Crippen LogP contribution in [0, 0.1) is 0 Å². The van der Waals surface area contributed by atoms with Crippen LogP contribution in [0.15, 0.2) is 73.3 Å². The van der Waals surface area contributed by atoms with Crippen molar-refractivity contribution in [3.8, 4) is 0 Å². The molecule has 1 N–H and O–H groups in total. The molecule has 0 saturated heterocycles. The maximum atomic E-state index is 10.9. The molecular weight excluding hydrogens is 295 g/mol. The summed E-state index contributed by atoms with van der Waals surface area (Å²) in [5.74, 6) is 0. The zero-order chi connectivity index (χ0) is 12.1. The molecular formula is C16H22AlClMgO. The fraction of sp³-hybridized carbons (Fsp3) is 0.125. The lowest BCUT2D eigenvalue weighted by Crippen LogP contribution is -2.26. The third kappa shape index (κ3) is 4.93. The summed E-state index contributed by atoms with van der Waals surface area (Å²) in [6.07, 6.45) is 2.25. The molecule has 0 fully saturated rings. The highest BCUT2D eigenvalue weighted by atomic mass is 35.5. The highest BCUT2D eigenvalue weighted by Gasteiger charge is 2.29. The summed E-state index contributed by atoms with van der Waals surface area (Å²) in [5, 5.41) is 10.9. The van der Waals surface area contributed by atoms with Crippen molar-refractivity contribution in [2.24, 2.45) is 0 Å². The van der Waals surface area contributed by atoms with Crippen molar-refractivity contribution in [3.63, 3.8) is 0 Å². The Kier molecular flexibility index (Phi) is 11.5. The number of halogens is 1. The van der Waals surface area contributed by atoms with E-state index in [0.29, 0.717) is 6.42 Å². The molecule has 0 aromatic heterocycles. The number of aliphatic hydroxyl groups is 1. The number of hydrogen-bond acceptors (Lipinski definition) is 1. The average molecular weight is 317 g/mol. The van der Waals surface area contributed by atoms with E-state index in [2.05, 4.69) is 6.58 Å². The van der Waals surface area contributed by atoms with E-state index in [1.165, 1.54) is 0 Å². The summed E-state index contributed by atoms with van der Waals surface area (Å²) in [6, 6.07) is 19.4. The number of benzene rings is 2. The van der Waals surface area contributed by atoms with Gasteiger partial charge in [0.15, 0.2) is 17.4 Å². The zero-order valence-electron chi connectivity index (χ0n) is 10.1. The van der Waals surface area contributed by atoms with Crippen molar-refractivity contribution in [2.45, 2.75) is 12.0 Å². The first-order chi connectivity index (χ1) is 8.27. The summed E-state index contributed by atoms with van der Waals surface area (Å²) in [6.45, 7) is 3.74. The zero-order valence-corrected chi connectivity index (χ0v) is 10.9.